The van der Waals surface area contributed by atoms with Gasteiger partial charge in [0.15, 0.2) is 6.23 Å². The number of nitrogens with zero attached hydrogens (tertiary/aromatic N) is 2. The summed E-state index contributed by atoms with van der Waals surface area (Å²) < 4.78 is 22.5. The van der Waals surface area contributed by atoms with Crippen LogP contribution in [0.5, 0.6) is 0 Å². The second kappa shape index (κ2) is 8.94. The summed E-state index contributed by atoms with van der Waals surface area (Å²) in [4.78, 5) is 42.6. The number of rotatable bonds is 7. The number of ether oxygens (including phenoxy) is 1. The van der Waals surface area contributed by atoms with Crippen molar-refractivity contribution in [1.29, 1.82) is 0 Å². The van der Waals surface area contributed by atoms with E-state index in [4.69, 9.17) is 14.5 Å². The van der Waals surface area contributed by atoms with Crippen LogP contribution in [0.3, 0.4) is 0 Å². The molecule has 1 aromatic heterocycles. The number of aryl methyl sites for hydroxylation is 2. The Morgan fingerprint density at radius 1 is 1.17 bits per heavy atom. The summed E-state index contributed by atoms with van der Waals surface area (Å²) in [5.41, 5.74) is 0.713. The van der Waals surface area contributed by atoms with Crippen LogP contribution in [0.2, 0.25) is 0 Å². The van der Waals surface area contributed by atoms with Crippen molar-refractivity contribution in [2.24, 2.45) is 0 Å². The van der Waals surface area contributed by atoms with E-state index in [9.17, 15) is 24.4 Å². The van der Waals surface area contributed by atoms with Gasteiger partial charge in [-0.05, 0) is 18.9 Å². The number of phosphoric acid groups is 1. The molecule has 1 fully saturated rings. The third-order valence-corrected chi connectivity index (χ3v) is 5.31. The molecular weight excluding hydrogens is 419 g/mol. The third-order valence-electron chi connectivity index (χ3n) is 4.82. The maximum absolute atomic E-state index is 12.8. The van der Waals surface area contributed by atoms with E-state index >= 15 is 0 Å². The lowest BCUT2D eigenvalue weighted by atomic mass is 10.1. The van der Waals surface area contributed by atoms with E-state index in [0.717, 1.165) is 32.5 Å². The van der Waals surface area contributed by atoms with Crippen LogP contribution in [0.1, 0.15) is 17.4 Å². The molecule has 1 saturated heterocycles. The van der Waals surface area contributed by atoms with Crippen molar-refractivity contribution in [2.75, 3.05) is 6.61 Å². The van der Waals surface area contributed by atoms with Gasteiger partial charge in [-0.15, -0.1) is 0 Å². The highest BCUT2D eigenvalue weighted by Crippen LogP contribution is 2.38. The van der Waals surface area contributed by atoms with Crippen LogP contribution in [0.4, 0.5) is 0 Å². The van der Waals surface area contributed by atoms with Crippen molar-refractivity contribution in [1.82, 2.24) is 9.13 Å². The van der Waals surface area contributed by atoms with E-state index < -0.39 is 50.2 Å². The fraction of sp³-hybridized carbons (Fsp3) is 0.444. The molecule has 2 heterocycles. The minimum absolute atomic E-state index is 0.0953. The highest BCUT2D eigenvalue weighted by molar-refractivity contribution is 7.46. The molecular formula is C18H23N2O9P. The van der Waals surface area contributed by atoms with Crippen molar-refractivity contribution in [3.63, 3.8) is 0 Å². The Hall–Kier alpha value is -2.11. The van der Waals surface area contributed by atoms with Crippen LogP contribution in [0, 0.1) is 6.92 Å². The van der Waals surface area contributed by atoms with Crippen LogP contribution < -0.4 is 11.2 Å². The Balaban J connectivity index is 1.81. The topological polar surface area (TPSA) is 160 Å². The lowest BCUT2D eigenvalue weighted by Gasteiger charge is -2.19. The highest BCUT2D eigenvalue weighted by Gasteiger charge is 2.45. The zero-order chi connectivity index (χ0) is 22.1. The van der Waals surface area contributed by atoms with E-state index in [0.29, 0.717) is 6.42 Å². The van der Waals surface area contributed by atoms with E-state index in [1.165, 1.54) is 0 Å². The first-order chi connectivity index (χ1) is 14.1. The predicted molar refractivity (Wildman–Crippen MR) is 104 cm³/mol. The first-order valence-corrected chi connectivity index (χ1v) is 10.7. The fourth-order valence-electron chi connectivity index (χ4n) is 3.31. The Morgan fingerprint density at radius 3 is 2.57 bits per heavy atom. The summed E-state index contributed by atoms with van der Waals surface area (Å²) in [6.45, 7) is 1.33. The molecule has 2 aromatic rings. The van der Waals surface area contributed by atoms with Crippen LogP contribution in [-0.2, 0) is 26.8 Å². The van der Waals surface area contributed by atoms with Gasteiger partial charge < -0.3 is 24.7 Å². The monoisotopic (exact) mass is 442 g/mol. The molecule has 164 valence electrons. The summed E-state index contributed by atoms with van der Waals surface area (Å²) in [7, 11) is -4.81. The Labute approximate surface area is 171 Å². The molecule has 0 saturated carbocycles. The maximum atomic E-state index is 12.8. The molecule has 1 aliphatic rings. The molecule has 3 rings (SSSR count). The maximum Gasteiger partial charge on any atom is 0.469 e. The summed E-state index contributed by atoms with van der Waals surface area (Å²) >= 11 is 0. The van der Waals surface area contributed by atoms with Gasteiger partial charge >= 0.3 is 13.5 Å². The van der Waals surface area contributed by atoms with Gasteiger partial charge in [0.25, 0.3) is 5.56 Å². The van der Waals surface area contributed by atoms with Gasteiger partial charge in [0, 0.05) is 18.8 Å². The van der Waals surface area contributed by atoms with Crippen molar-refractivity contribution >= 4 is 7.82 Å². The van der Waals surface area contributed by atoms with E-state index in [-0.39, 0.29) is 6.54 Å². The Kier molecular flexibility index (Phi) is 6.73. The molecule has 0 aliphatic carbocycles. The first-order valence-electron chi connectivity index (χ1n) is 9.16. The molecule has 4 atom stereocenters. The van der Waals surface area contributed by atoms with Crippen molar-refractivity contribution in [3.8, 4) is 0 Å². The second-order valence-corrected chi connectivity index (χ2v) is 8.31. The first kappa shape index (κ1) is 22.6. The average Bonchev–Trinajstić information content (AvgIpc) is 2.94. The van der Waals surface area contributed by atoms with Gasteiger partial charge in [-0.1, -0.05) is 29.8 Å². The van der Waals surface area contributed by atoms with Crippen molar-refractivity contribution in [2.45, 2.75) is 44.4 Å². The van der Waals surface area contributed by atoms with E-state index in [1.54, 1.807) is 0 Å². The number of phosphoric ester groups is 1. The minimum atomic E-state index is -4.81. The van der Waals surface area contributed by atoms with Gasteiger partial charge in [-0.25, -0.2) is 9.36 Å². The fourth-order valence-corrected chi connectivity index (χ4v) is 3.65. The number of hydrogen-bond acceptors (Lipinski definition) is 7. The number of hydrogen-bond donors (Lipinski definition) is 4. The van der Waals surface area contributed by atoms with E-state index in [2.05, 4.69) is 4.52 Å². The van der Waals surface area contributed by atoms with Gasteiger partial charge in [-0.2, -0.15) is 0 Å². The molecule has 30 heavy (non-hydrogen) atoms. The van der Waals surface area contributed by atoms with Gasteiger partial charge in [0.1, 0.15) is 18.3 Å². The minimum Gasteiger partial charge on any atom is -0.387 e. The second-order valence-electron chi connectivity index (χ2n) is 7.07. The molecule has 12 heteroatoms. The summed E-state index contributed by atoms with van der Waals surface area (Å²) in [5.74, 6) is 0. The lowest BCUT2D eigenvalue weighted by molar-refractivity contribution is -0.0548. The molecule has 0 radical (unpaired) electrons. The molecule has 0 amide bonds. The van der Waals surface area contributed by atoms with Gasteiger partial charge in [0.2, 0.25) is 0 Å². The predicted octanol–water partition coefficient (Wildman–Crippen LogP) is -0.710. The molecule has 11 nitrogen and oxygen atoms in total. The zero-order valence-electron chi connectivity index (χ0n) is 16.1. The zero-order valence-corrected chi connectivity index (χ0v) is 17.0. The lowest BCUT2D eigenvalue weighted by Crippen LogP contribution is -2.43. The van der Waals surface area contributed by atoms with E-state index in [1.807, 2.05) is 31.2 Å². The summed E-state index contributed by atoms with van der Waals surface area (Å²) in [6, 6.07) is 8.77. The quantitative estimate of drug-likeness (QED) is 0.406. The third kappa shape index (κ3) is 5.13. The normalized spacial score (nSPS) is 24.3. The SMILES string of the molecule is Cc1cccc(CCn2c(=O)ccn([C@@H]3O[C@H](COP(=O)(O)O)[C@H](O)[C@@H]3O)c2=O)c1. The van der Waals surface area contributed by atoms with Gasteiger partial charge in [0.05, 0.1) is 6.61 Å². The number of aliphatic hydroxyl groups excluding tert-OH is 2. The summed E-state index contributed by atoms with van der Waals surface area (Å²) in [5, 5.41) is 20.3. The molecule has 1 aliphatic heterocycles. The molecule has 1 aromatic carbocycles. The smallest absolute Gasteiger partial charge is 0.387 e. The van der Waals surface area contributed by atoms with Crippen molar-refractivity contribution < 1.29 is 33.8 Å². The van der Waals surface area contributed by atoms with Gasteiger partial charge in [-0.3, -0.25) is 18.5 Å². The average molecular weight is 442 g/mol. The molecule has 0 spiro atoms. The van der Waals surface area contributed by atoms with Crippen LogP contribution in [-0.4, -0.2) is 54.1 Å². The molecule has 0 unspecified atom stereocenters. The Morgan fingerprint density at radius 2 is 1.90 bits per heavy atom. The molecule has 4 N–H and O–H groups in total. The number of aliphatic hydroxyl groups is 2. The molecule has 0 bridgehead atoms. The van der Waals surface area contributed by atoms with Crippen LogP contribution in [0.15, 0.2) is 46.1 Å². The van der Waals surface area contributed by atoms with Crippen LogP contribution in [0.25, 0.3) is 0 Å². The van der Waals surface area contributed by atoms with Crippen molar-refractivity contribution in [3.05, 3.63) is 68.5 Å². The number of benzene rings is 1. The highest BCUT2D eigenvalue weighted by atomic mass is 31.2. The number of aromatic nitrogens is 2. The Bertz CT molecular complexity index is 1060. The largest absolute Gasteiger partial charge is 0.469 e. The van der Waals surface area contributed by atoms with Crippen LogP contribution >= 0.6 is 7.82 Å². The standard InChI is InChI=1S/C18H23N2O9P/c1-11-3-2-4-12(9-11)5-7-19-14(21)6-8-20(18(19)24)17-16(23)15(22)13(29-17)10-28-30(25,26)27/h2-4,6,8-9,13,15-17,22-23H,5,7,10H2,1H3,(H2,25,26,27)/t13-,15+,16+,17-/m1/s1. The summed E-state index contributed by atoms with van der Waals surface area (Å²) in [6.07, 6.45) is -4.20.